The van der Waals surface area contributed by atoms with Gasteiger partial charge in [-0.3, -0.25) is 9.59 Å². The summed E-state index contributed by atoms with van der Waals surface area (Å²) in [6.45, 7) is 0.0251. The fourth-order valence-electron chi connectivity index (χ4n) is 2.27. The van der Waals surface area contributed by atoms with Gasteiger partial charge in [0.15, 0.2) is 0 Å². The number of nitrogens with one attached hydrogen (secondary N) is 1. The molecule has 0 heterocycles. The van der Waals surface area contributed by atoms with E-state index in [0.717, 1.165) is 16.8 Å². The van der Waals surface area contributed by atoms with Gasteiger partial charge in [0.25, 0.3) is 0 Å². The second-order valence-corrected chi connectivity index (χ2v) is 6.18. The Hall–Kier alpha value is -3.80. The summed E-state index contributed by atoms with van der Waals surface area (Å²) in [5.41, 5.74) is 7.83. The summed E-state index contributed by atoms with van der Waals surface area (Å²) < 4.78 is 5.06. The predicted octanol–water partition coefficient (Wildman–Crippen LogP) is 3.06. The van der Waals surface area contributed by atoms with Crippen LogP contribution in [-0.4, -0.2) is 23.5 Å². The number of nitrogens with two attached hydrogens (primary N) is 1. The molecule has 0 unspecified atom stereocenters. The van der Waals surface area contributed by atoms with Crippen LogP contribution in [-0.2, 0) is 27.4 Å². The molecule has 150 valence electrons. The topological polar surface area (TPSA) is 102 Å². The average molecular weight is 392 g/mol. The molecule has 0 saturated carbocycles. The number of carbonyl (C=O) groups excluding carboxylic acids is 2. The summed E-state index contributed by atoms with van der Waals surface area (Å²) in [5, 5.41) is 11.7. The molecule has 0 bridgehead atoms. The number of esters is 1. The highest BCUT2D eigenvalue weighted by Gasteiger charge is 2.08. The molecule has 0 fully saturated rings. The molecule has 6 nitrogen and oxygen atoms in total. The first-order chi connectivity index (χ1) is 14.0. The number of hydrogen-bond donors (Lipinski definition) is 3. The van der Waals surface area contributed by atoms with Gasteiger partial charge < -0.3 is 20.9 Å². The van der Waals surface area contributed by atoms with Gasteiger partial charge in [0.1, 0.15) is 18.9 Å². The third kappa shape index (κ3) is 9.10. The molecular weight excluding hydrogens is 368 g/mol. The minimum absolute atomic E-state index is 0.145. The molecule has 0 radical (unpaired) electrons. The van der Waals surface area contributed by atoms with E-state index < -0.39 is 5.97 Å². The van der Waals surface area contributed by atoms with Crippen LogP contribution in [0.25, 0.3) is 0 Å². The first-order valence-electron chi connectivity index (χ1n) is 9.07. The lowest BCUT2D eigenvalue weighted by atomic mass is 10.1. The van der Waals surface area contributed by atoms with Crippen molar-refractivity contribution in [2.75, 3.05) is 12.3 Å². The van der Waals surface area contributed by atoms with Crippen molar-refractivity contribution in [3.63, 3.8) is 0 Å². The zero-order valence-corrected chi connectivity index (χ0v) is 16.0. The molecule has 0 spiro atoms. The summed E-state index contributed by atoms with van der Waals surface area (Å²) in [4.78, 5) is 23.2. The number of aromatic hydroxyl groups is 1. The number of ether oxygens (including phenoxy) is 1. The van der Waals surface area contributed by atoms with Gasteiger partial charge in [0.2, 0.25) is 5.91 Å². The van der Waals surface area contributed by atoms with Crippen LogP contribution >= 0.6 is 0 Å². The van der Waals surface area contributed by atoms with E-state index in [2.05, 4.69) is 5.32 Å². The second kappa shape index (κ2) is 11.8. The molecule has 29 heavy (non-hydrogen) atoms. The van der Waals surface area contributed by atoms with Gasteiger partial charge in [-0.2, -0.15) is 0 Å². The third-order valence-electron chi connectivity index (χ3n) is 3.77. The van der Waals surface area contributed by atoms with Gasteiger partial charge in [-0.05, 0) is 35.4 Å². The summed E-state index contributed by atoms with van der Waals surface area (Å²) >= 11 is 0. The van der Waals surface area contributed by atoms with Gasteiger partial charge in [0, 0.05) is 5.69 Å². The van der Waals surface area contributed by atoms with Gasteiger partial charge in [-0.15, -0.1) is 0 Å². The minimum atomic E-state index is -0.483. The molecule has 3 aromatic rings. The Balaban J connectivity index is 0.000000360. The van der Waals surface area contributed by atoms with E-state index in [1.54, 1.807) is 12.1 Å². The fourth-order valence-corrected chi connectivity index (χ4v) is 2.27. The van der Waals surface area contributed by atoms with Gasteiger partial charge >= 0.3 is 5.97 Å². The SMILES string of the molecule is Nc1ccccc1.O=C(Cc1ccc(O)cc1)NCC(=O)OCc1ccccc1. The Bertz CT molecular complexity index is 882. The van der Waals surface area contributed by atoms with Crippen LogP contribution < -0.4 is 11.1 Å². The summed E-state index contributed by atoms with van der Waals surface area (Å²) in [6, 6.07) is 25.1. The molecule has 3 rings (SSSR count). The Morgan fingerprint density at radius 3 is 1.97 bits per heavy atom. The maximum atomic E-state index is 11.7. The van der Waals surface area contributed by atoms with Crippen molar-refractivity contribution in [2.24, 2.45) is 0 Å². The third-order valence-corrected chi connectivity index (χ3v) is 3.77. The number of hydrogen-bond acceptors (Lipinski definition) is 5. The molecule has 0 saturated heterocycles. The molecule has 1 amide bonds. The van der Waals surface area contributed by atoms with Crippen LogP contribution in [0, 0.1) is 0 Å². The number of phenolic OH excluding ortho intramolecular Hbond substituents is 1. The molecule has 0 atom stereocenters. The zero-order valence-electron chi connectivity index (χ0n) is 16.0. The second-order valence-electron chi connectivity index (χ2n) is 6.18. The first kappa shape index (κ1) is 21.5. The Labute approximate surface area is 169 Å². The summed E-state index contributed by atoms with van der Waals surface area (Å²) in [5.74, 6) is -0.612. The van der Waals surface area contributed by atoms with E-state index in [0.29, 0.717) is 0 Å². The maximum Gasteiger partial charge on any atom is 0.325 e. The molecule has 4 N–H and O–H groups in total. The molecule has 0 aliphatic heterocycles. The van der Waals surface area contributed by atoms with Gasteiger partial charge in [-0.1, -0.05) is 60.7 Å². The van der Waals surface area contributed by atoms with E-state index in [1.807, 2.05) is 60.7 Å². The quantitative estimate of drug-likeness (QED) is 0.442. The van der Waals surface area contributed by atoms with Crippen molar-refractivity contribution >= 4 is 17.6 Å². The number of amides is 1. The molecule has 0 aliphatic carbocycles. The normalized spacial score (nSPS) is 9.66. The van der Waals surface area contributed by atoms with Crippen molar-refractivity contribution < 1.29 is 19.4 Å². The van der Waals surface area contributed by atoms with Crippen LogP contribution in [0.1, 0.15) is 11.1 Å². The molecule has 3 aromatic carbocycles. The van der Waals surface area contributed by atoms with Crippen molar-refractivity contribution in [1.82, 2.24) is 5.32 Å². The number of benzene rings is 3. The van der Waals surface area contributed by atoms with Crippen molar-refractivity contribution in [3.8, 4) is 5.75 Å². The molecule has 0 aromatic heterocycles. The van der Waals surface area contributed by atoms with Crippen LogP contribution in [0.4, 0.5) is 5.69 Å². The highest BCUT2D eigenvalue weighted by molar-refractivity contribution is 5.83. The predicted molar refractivity (Wildman–Crippen MR) is 112 cm³/mol. The fraction of sp³-hybridized carbons (Fsp3) is 0.130. The lowest BCUT2D eigenvalue weighted by molar-refractivity contribution is -0.145. The largest absolute Gasteiger partial charge is 0.508 e. The number of nitrogen functional groups attached to an aromatic ring is 1. The number of phenols is 1. The standard InChI is InChI=1S/C17H17NO4.C6H7N/c19-15-8-6-13(7-9-15)10-16(20)18-11-17(21)22-12-14-4-2-1-3-5-14;7-6-4-2-1-3-5-6/h1-9,19H,10-12H2,(H,18,20);1-5H,7H2. The smallest absolute Gasteiger partial charge is 0.325 e. The Kier molecular flexibility index (Phi) is 8.76. The van der Waals surface area contributed by atoms with E-state index in [1.165, 1.54) is 12.1 Å². The lowest BCUT2D eigenvalue weighted by Crippen LogP contribution is -2.31. The van der Waals surface area contributed by atoms with Gasteiger partial charge in [0.05, 0.1) is 6.42 Å². The van der Waals surface area contributed by atoms with Crippen LogP contribution in [0.3, 0.4) is 0 Å². The highest BCUT2D eigenvalue weighted by atomic mass is 16.5. The van der Waals surface area contributed by atoms with E-state index >= 15 is 0 Å². The van der Waals surface area contributed by atoms with Crippen molar-refractivity contribution in [1.29, 1.82) is 0 Å². The summed E-state index contributed by atoms with van der Waals surface area (Å²) in [6.07, 6.45) is 0.145. The highest BCUT2D eigenvalue weighted by Crippen LogP contribution is 2.09. The lowest BCUT2D eigenvalue weighted by Gasteiger charge is -2.07. The maximum absolute atomic E-state index is 11.7. The van der Waals surface area contributed by atoms with E-state index in [9.17, 15) is 9.59 Å². The van der Waals surface area contributed by atoms with E-state index in [4.69, 9.17) is 15.6 Å². The zero-order chi connectivity index (χ0) is 20.9. The number of carbonyl (C=O) groups is 2. The van der Waals surface area contributed by atoms with E-state index in [-0.39, 0.29) is 31.2 Å². The summed E-state index contributed by atoms with van der Waals surface area (Å²) in [7, 11) is 0. The number of para-hydroxylation sites is 1. The van der Waals surface area contributed by atoms with Crippen molar-refractivity contribution in [3.05, 3.63) is 96.1 Å². The Morgan fingerprint density at radius 1 is 0.828 bits per heavy atom. The molecule has 0 aliphatic rings. The van der Waals surface area contributed by atoms with Crippen LogP contribution in [0.5, 0.6) is 5.75 Å². The minimum Gasteiger partial charge on any atom is -0.508 e. The first-order valence-corrected chi connectivity index (χ1v) is 9.07. The number of rotatable bonds is 6. The van der Waals surface area contributed by atoms with Gasteiger partial charge in [-0.25, -0.2) is 0 Å². The average Bonchev–Trinajstić information content (AvgIpc) is 2.74. The van der Waals surface area contributed by atoms with Crippen molar-refractivity contribution in [2.45, 2.75) is 13.0 Å². The monoisotopic (exact) mass is 392 g/mol. The number of anilines is 1. The Morgan fingerprint density at radius 2 is 1.41 bits per heavy atom. The molecular formula is C23H24N2O4. The van der Waals surface area contributed by atoms with Crippen LogP contribution in [0.2, 0.25) is 0 Å². The van der Waals surface area contributed by atoms with Crippen LogP contribution in [0.15, 0.2) is 84.9 Å². The molecule has 6 heteroatoms.